The Labute approximate surface area is 122 Å². The van der Waals surface area contributed by atoms with E-state index in [1.807, 2.05) is 24.5 Å². The van der Waals surface area contributed by atoms with Crippen molar-refractivity contribution >= 4 is 55.0 Å². The summed E-state index contributed by atoms with van der Waals surface area (Å²) in [6.07, 6.45) is 3.66. The Morgan fingerprint density at radius 1 is 1.50 bits per heavy atom. The molecule has 1 aliphatic heterocycles. The van der Waals surface area contributed by atoms with Gasteiger partial charge in [-0.3, -0.25) is 4.79 Å². The number of benzene rings is 1. The highest BCUT2D eigenvalue weighted by Gasteiger charge is 2.21. The molecule has 0 aromatic heterocycles. The molecule has 18 heavy (non-hydrogen) atoms. The van der Waals surface area contributed by atoms with Gasteiger partial charge in [-0.25, -0.2) is 4.99 Å². The van der Waals surface area contributed by atoms with Crippen molar-refractivity contribution in [1.82, 2.24) is 0 Å². The van der Waals surface area contributed by atoms with Crippen molar-refractivity contribution in [2.75, 3.05) is 13.4 Å². The van der Waals surface area contributed by atoms with Crippen molar-refractivity contribution in [3.8, 4) is 5.75 Å². The third-order valence-electron chi connectivity index (χ3n) is 2.26. The Morgan fingerprint density at radius 2 is 2.28 bits per heavy atom. The summed E-state index contributed by atoms with van der Waals surface area (Å²) in [6, 6.07) is 5.64. The maximum Gasteiger partial charge on any atom is 0.244 e. The van der Waals surface area contributed by atoms with Gasteiger partial charge in [0.1, 0.15) is 15.8 Å². The van der Waals surface area contributed by atoms with Gasteiger partial charge in [0, 0.05) is 10.0 Å². The number of aliphatic imine (C=N–C) groups is 1. The summed E-state index contributed by atoms with van der Waals surface area (Å²) in [7, 11) is 1.60. The van der Waals surface area contributed by atoms with Crippen molar-refractivity contribution < 1.29 is 9.53 Å². The summed E-state index contributed by atoms with van der Waals surface area (Å²) >= 11 is 6.04. The lowest BCUT2D eigenvalue weighted by molar-refractivity contribution is -0.107. The Hall–Kier alpha value is -0.720. The highest BCUT2D eigenvalue weighted by atomic mass is 79.9. The second-order valence-electron chi connectivity index (χ2n) is 3.39. The number of carbonyl (C=O) groups excluding carboxylic acids is 1. The predicted molar refractivity (Wildman–Crippen MR) is 82.2 cm³/mol. The van der Waals surface area contributed by atoms with Crippen molar-refractivity contribution in [2.45, 2.75) is 0 Å². The minimum absolute atomic E-state index is 0.0265. The van der Waals surface area contributed by atoms with Gasteiger partial charge in [-0.05, 0) is 42.3 Å². The summed E-state index contributed by atoms with van der Waals surface area (Å²) < 4.78 is 6.97. The molecule has 0 spiro atoms. The molecule has 2 rings (SSSR count). The fourth-order valence-electron chi connectivity index (χ4n) is 1.44. The smallest absolute Gasteiger partial charge is 0.244 e. The van der Waals surface area contributed by atoms with Crippen LogP contribution in [0.5, 0.6) is 5.75 Å². The van der Waals surface area contributed by atoms with Crippen LogP contribution in [-0.2, 0) is 4.79 Å². The minimum atomic E-state index is -0.0265. The molecule has 0 saturated carbocycles. The van der Waals surface area contributed by atoms with Gasteiger partial charge < -0.3 is 4.74 Å². The van der Waals surface area contributed by atoms with E-state index in [2.05, 4.69) is 20.9 Å². The molecule has 1 aromatic rings. The molecule has 1 aliphatic rings. The lowest BCUT2D eigenvalue weighted by Gasteiger charge is -2.05. The molecule has 0 fully saturated rings. The van der Waals surface area contributed by atoms with Crippen LogP contribution in [0.15, 0.2) is 33.4 Å². The Morgan fingerprint density at radius 3 is 2.89 bits per heavy atom. The summed E-state index contributed by atoms with van der Waals surface area (Å²) in [5.41, 5.74) is 1.29. The molecule has 1 aromatic carbocycles. The minimum Gasteiger partial charge on any atom is -0.496 e. The molecule has 1 heterocycles. The number of halogens is 1. The van der Waals surface area contributed by atoms with Gasteiger partial charge in [0.2, 0.25) is 5.12 Å². The Kier molecular flexibility index (Phi) is 4.53. The maximum atomic E-state index is 11.7. The van der Waals surface area contributed by atoms with Crippen molar-refractivity contribution in [3.05, 3.63) is 33.9 Å². The first-order valence-corrected chi connectivity index (χ1v) is 7.87. The van der Waals surface area contributed by atoms with E-state index in [4.69, 9.17) is 4.74 Å². The first-order chi connectivity index (χ1) is 8.63. The van der Waals surface area contributed by atoms with E-state index in [0.29, 0.717) is 5.70 Å². The van der Waals surface area contributed by atoms with E-state index in [-0.39, 0.29) is 5.12 Å². The van der Waals surface area contributed by atoms with Crippen molar-refractivity contribution in [1.29, 1.82) is 0 Å². The molecule has 3 nitrogen and oxygen atoms in total. The fourth-order valence-corrected chi connectivity index (χ4v) is 3.08. The molecule has 0 unspecified atom stereocenters. The number of carbonyl (C=O) groups is 1. The monoisotopic (exact) mass is 343 g/mol. The summed E-state index contributed by atoms with van der Waals surface area (Å²) in [4.78, 5) is 16.0. The second-order valence-corrected chi connectivity index (χ2v) is 6.32. The zero-order valence-corrected chi connectivity index (χ0v) is 13.0. The van der Waals surface area contributed by atoms with Crippen LogP contribution >= 0.6 is 39.5 Å². The topological polar surface area (TPSA) is 38.7 Å². The molecule has 6 heteroatoms. The molecule has 0 N–H and O–H groups in total. The van der Waals surface area contributed by atoms with E-state index in [9.17, 15) is 4.79 Å². The lowest BCUT2D eigenvalue weighted by Crippen LogP contribution is -1.91. The SMILES string of the molecule is COc1ccc(Br)cc1/C=C1/N=C(SC)SC1=O. The number of thioether (sulfide) groups is 2. The molecule has 0 atom stereocenters. The number of rotatable bonds is 2. The number of methoxy groups -OCH3 is 1. The van der Waals surface area contributed by atoms with Crippen LogP contribution in [0.3, 0.4) is 0 Å². The number of hydrogen-bond donors (Lipinski definition) is 0. The van der Waals surface area contributed by atoms with Crippen LogP contribution in [0.2, 0.25) is 0 Å². The van der Waals surface area contributed by atoms with Crippen LogP contribution < -0.4 is 4.74 Å². The van der Waals surface area contributed by atoms with Gasteiger partial charge in [-0.15, -0.1) is 11.8 Å². The van der Waals surface area contributed by atoms with Crippen LogP contribution in [-0.4, -0.2) is 22.9 Å². The highest BCUT2D eigenvalue weighted by Crippen LogP contribution is 2.32. The van der Waals surface area contributed by atoms with Crippen LogP contribution in [0, 0.1) is 0 Å². The molecule has 0 bridgehead atoms. The summed E-state index contributed by atoms with van der Waals surface area (Å²) in [6.45, 7) is 0. The Bertz CT molecular complexity index is 555. The van der Waals surface area contributed by atoms with E-state index >= 15 is 0 Å². The van der Waals surface area contributed by atoms with Gasteiger partial charge >= 0.3 is 0 Å². The van der Waals surface area contributed by atoms with E-state index in [1.54, 1.807) is 13.2 Å². The molecule has 0 aliphatic carbocycles. The molecule has 94 valence electrons. The first kappa shape index (κ1) is 13.7. The number of nitrogens with zero attached hydrogens (tertiary/aromatic N) is 1. The standard InChI is InChI=1S/C12H10BrNO2S2/c1-16-10-4-3-8(13)5-7(10)6-9-11(15)18-12(14-9)17-2/h3-6H,1-2H3/b9-6+. The van der Waals surface area contributed by atoms with E-state index < -0.39 is 0 Å². The van der Waals surface area contributed by atoms with Gasteiger partial charge in [-0.2, -0.15) is 0 Å². The largest absolute Gasteiger partial charge is 0.496 e. The molecule has 0 amide bonds. The average molecular weight is 344 g/mol. The lowest BCUT2D eigenvalue weighted by atomic mass is 10.1. The van der Waals surface area contributed by atoms with E-state index in [0.717, 1.165) is 31.9 Å². The molecular weight excluding hydrogens is 334 g/mol. The second kappa shape index (κ2) is 5.95. The normalized spacial score (nSPS) is 17.2. The van der Waals surface area contributed by atoms with Crippen LogP contribution in [0.25, 0.3) is 6.08 Å². The van der Waals surface area contributed by atoms with Gasteiger partial charge in [0.25, 0.3) is 0 Å². The Balaban J connectivity index is 2.41. The molecule has 0 saturated heterocycles. The van der Waals surface area contributed by atoms with Crippen molar-refractivity contribution in [3.63, 3.8) is 0 Å². The van der Waals surface area contributed by atoms with Gasteiger partial charge in [0.05, 0.1) is 7.11 Å². The van der Waals surface area contributed by atoms with Crippen molar-refractivity contribution in [2.24, 2.45) is 4.99 Å². The molecular formula is C12H10BrNO2S2. The predicted octanol–water partition coefficient (Wildman–Crippen LogP) is 3.79. The maximum absolute atomic E-state index is 11.7. The zero-order valence-electron chi connectivity index (χ0n) is 9.77. The molecule has 0 radical (unpaired) electrons. The van der Waals surface area contributed by atoms with Crippen LogP contribution in [0.4, 0.5) is 0 Å². The highest BCUT2D eigenvalue weighted by molar-refractivity contribution is 9.10. The zero-order chi connectivity index (χ0) is 13.1. The number of ether oxygens (including phenoxy) is 1. The third-order valence-corrected chi connectivity index (χ3v) is 4.60. The summed E-state index contributed by atoms with van der Waals surface area (Å²) in [5.74, 6) is 0.719. The van der Waals surface area contributed by atoms with Gasteiger partial charge in [0.15, 0.2) is 0 Å². The first-order valence-electron chi connectivity index (χ1n) is 5.04. The van der Waals surface area contributed by atoms with Crippen LogP contribution in [0.1, 0.15) is 5.56 Å². The van der Waals surface area contributed by atoms with E-state index in [1.165, 1.54) is 11.8 Å². The fraction of sp³-hybridized carbons (Fsp3) is 0.167. The van der Waals surface area contributed by atoms with Gasteiger partial charge in [-0.1, -0.05) is 15.9 Å². The quantitative estimate of drug-likeness (QED) is 0.765. The third kappa shape index (κ3) is 2.99. The average Bonchev–Trinajstić information content (AvgIpc) is 2.71. The summed E-state index contributed by atoms with van der Waals surface area (Å²) in [5, 5.41) is -0.0265. The number of hydrogen-bond acceptors (Lipinski definition) is 5.